The van der Waals surface area contributed by atoms with Crippen molar-refractivity contribution in [3.8, 4) is 0 Å². The zero-order chi connectivity index (χ0) is 12.4. The highest BCUT2D eigenvalue weighted by Gasteiger charge is 2.24. The molecule has 2 rings (SSSR count). The van der Waals surface area contributed by atoms with E-state index in [-0.39, 0.29) is 12.1 Å². The number of piperidine rings is 1. The lowest BCUT2D eigenvalue weighted by atomic mass is 9.96. The molecule has 0 saturated carbocycles. The van der Waals surface area contributed by atoms with Crippen LogP contribution >= 0.6 is 0 Å². The second kappa shape index (κ2) is 5.02. The lowest BCUT2D eigenvalue weighted by Crippen LogP contribution is -2.42. The number of aromatic nitrogens is 1. The van der Waals surface area contributed by atoms with Crippen LogP contribution in [0.5, 0.6) is 0 Å². The molecule has 1 fully saturated rings. The van der Waals surface area contributed by atoms with Crippen LogP contribution in [-0.2, 0) is 0 Å². The largest absolute Gasteiger partial charge is 0.391 e. The van der Waals surface area contributed by atoms with Gasteiger partial charge in [0, 0.05) is 19.1 Å². The quantitative estimate of drug-likeness (QED) is 0.811. The number of rotatable bonds is 2. The first-order valence-corrected chi connectivity index (χ1v) is 6.22. The van der Waals surface area contributed by atoms with Gasteiger partial charge in [-0.2, -0.15) is 0 Å². The van der Waals surface area contributed by atoms with Crippen LogP contribution < -0.4 is 10.6 Å². The third-order valence-corrected chi connectivity index (χ3v) is 3.52. The molecule has 0 bridgehead atoms. The molecule has 4 nitrogen and oxygen atoms in total. The number of β-amino-alcohol motifs (C(OH)–C–C–N with tert-alkyl or cyclic N) is 1. The Kier molecular flexibility index (Phi) is 3.64. The molecule has 1 aromatic heterocycles. The first kappa shape index (κ1) is 12.3. The smallest absolute Gasteiger partial charge is 0.0741 e. The van der Waals surface area contributed by atoms with Crippen molar-refractivity contribution in [2.75, 3.05) is 18.0 Å². The molecule has 17 heavy (non-hydrogen) atoms. The van der Waals surface area contributed by atoms with Gasteiger partial charge in [0.25, 0.3) is 0 Å². The van der Waals surface area contributed by atoms with E-state index in [0.29, 0.717) is 12.5 Å². The molecule has 3 N–H and O–H groups in total. The number of pyridine rings is 1. The average Bonchev–Trinajstić information content (AvgIpc) is 2.33. The summed E-state index contributed by atoms with van der Waals surface area (Å²) in [5.41, 5.74) is 7.74. The fraction of sp³-hybridized carbons (Fsp3) is 0.615. The molecule has 0 amide bonds. The van der Waals surface area contributed by atoms with E-state index in [2.05, 4.69) is 16.8 Å². The predicted molar refractivity (Wildman–Crippen MR) is 68.8 cm³/mol. The summed E-state index contributed by atoms with van der Waals surface area (Å²) < 4.78 is 0. The number of nitrogens with two attached hydrogens (primary N) is 1. The maximum atomic E-state index is 9.87. The van der Waals surface area contributed by atoms with E-state index in [1.165, 1.54) is 0 Å². The van der Waals surface area contributed by atoms with Gasteiger partial charge in [-0.05, 0) is 31.4 Å². The number of anilines is 1. The van der Waals surface area contributed by atoms with Crippen molar-refractivity contribution in [1.29, 1.82) is 0 Å². The topological polar surface area (TPSA) is 62.4 Å². The van der Waals surface area contributed by atoms with Crippen LogP contribution in [0.4, 0.5) is 5.69 Å². The molecular weight excluding hydrogens is 214 g/mol. The van der Waals surface area contributed by atoms with Gasteiger partial charge in [-0.1, -0.05) is 6.92 Å². The van der Waals surface area contributed by atoms with E-state index < -0.39 is 0 Å². The molecule has 1 aliphatic rings. The Balaban J connectivity index is 2.07. The Hall–Kier alpha value is -1.13. The van der Waals surface area contributed by atoms with Crippen molar-refractivity contribution >= 4 is 5.69 Å². The molecule has 1 aliphatic heterocycles. The van der Waals surface area contributed by atoms with Crippen LogP contribution in [0.15, 0.2) is 18.3 Å². The molecule has 94 valence electrons. The normalized spacial score (nSPS) is 26.9. The molecule has 2 heterocycles. The molecule has 1 aromatic rings. The molecule has 4 heteroatoms. The number of aliphatic hydroxyl groups excluding tert-OH is 1. The van der Waals surface area contributed by atoms with Crippen molar-refractivity contribution in [2.45, 2.75) is 32.4 Å². The monoisotopic (exact) mass is 235 g/mol. The lowest BCUT2D eigenvalue weighted by Gasteiger charge is -2.35. The summed E-state index contributed by atoms with van der Waals surface area (Å²) in [7, 11) is 0. The van der Waals surface area contributed by atoms with Gasteiger partial charge in [0.1, 0.15) is 0 Å². The Morgan fingerprint density at radius 3 is 2.82 bits per heavy atom. The number of hydrogen-bond acceptors (Lipinski definition) is 4. The minimum Gasteiger partial charge on any atom is -0.391 e. The van der Waals surface area contributed by atoms with Gasteiger partial charge in [-0.3, -0.25) is 4.98 Å². The molecule has 2 unspecified atom stereocenters. The van der Waals surface area contributed by atoms with Gasteiger partial charge in [-0.15, -0.1) is 0 Å². The number of hydrogen-bond donors (Lipinski definition) is 2. The summed E-state index contributed by atoms with van der Waals surface area (Å²) in [6.07, 6.45) is 2.63. The zero-order valence-electron chi connectivity index (χ0n) is 10.5. The highest BCUT2D eigenvalue weighted by atomic mass is 16.3. The van der Waals surface area contributed by atoms with Crippen LogP contribution in [0.2, 0.25) is 0 Å². The molecule has 0 aromatic carbocycles. The highest BCUT2D eigenvalue weighted by molar-refractivity contribution is 5.45. The highest BCUT2D eigenvalue weighted by Crippen LogP contribution is 2.23. The summed E-state index contributed by atoms with van der Waals surface area (Å²) in [6, 6.07) is 3.97. The van der Waals surface area contributed by atoms with E-state index >= 15 is 0 Å². The SMILES string of the molecule is CC1CCN(c2ccc([C@H](C)N)nc2)CC1O. The van der Waals surface area contributed by atoms with Crippen molar-refractivity contribution in [1.82, 2.24) is 4.98 Å². The second-order valence-corrected chi connectivity index (χ2v) is 5.01. The van der Waals surface area contributed by atoms with Crippen molar-refractivity contribution in [3.05, 3.63) is 24.0 Å². The minimum atomic E-state index is -0.239. The fourth-order valence-electron chi connectivity index (χ4n) is 2.14. The van der Waals surface area contributed by atoms with Crippen LogP contribution in [-0.4, -0.2) is 29.3 Å². The molecule has 0 spiro atoms. The Morgan fingerprint density at radius 2 is 2.29 bits per heavy atom. The zero-order valence-corrected chi connectivity index (χ0v) is 10.5. The summed E-state index contributed by atoms with van der Waals surface area (Å²) in [4.78, 5) is 6.53. The van der Waals surface area contributed by atoms with Gasteiger partial charge in [-0.25, -0.2) is 0 Å². The Labute approximate surface area is 102 Å². The Morgan fingerprint density at radius 1 is 1.53 bits per heavy atom. The van der Waals surface area contributed by atoms with E-state index in [1.54, 1.807) is 0 Å². The van der Waals surface area contributed by atoms with Crippen LogP contribution in [0.1, 0.15) is 32.0 Å². The first-order chi connectivity index (χ1) is 8.08. The fourth-order valence-corrected chi connectivity index (χ4v) is 2.14. The first-order valence-electron chi connectivity index (χ1n) is 6.22. The molecule has 0 radical (unpaired) electrons. The number of aliphatic hydroxyl groups is 1. The van der Waals surface area contributed by atoms with Crippen molar-refractivity contribution < 1.29 is 5.11 Å². The van der Waals surface area contributed by atoms with E-state index in [1.807, 2.05) is 25.3 Å². The van der Waals surface area contributed by atoms with E-state index in [9.17, 15) is 5.11 Å². The van der Waals surface area contributed by atoms with Crippen LogP contribution in [0.3, 0.4) is 0 Å². The molecular formula is C13H21N3O. The lowest BCUT2D eigenvalue weighted by molar-refractivity contribution is 0.103. The second-order valence-electron chi connectivity index (χ2n) is 5.01. The summed E-state index contributed by atoms with van der Waals surface area (Å²) in [5.74, 6) is 0.391. The van der Waals surface area contributed by atoms with Gasteiger partial charge >= 0.3 is 0 Å². The summed E-state index contributed by atoms with van der Waals surface area (Å²) >= 11 is 0. The molecule has 1 saturated heterocycles. The van der Waals surface area contributed by atoms with Gasteiger partial charge in [0.2, 0.25) is 0 Å². The Bertz CT molecular complexity index is 363. The van der Waals surface area contributed by atoms with Gasteiger partial charge in [0.05, 0.1) is 23.7 Å². The third kappa shape index (κ3) is 2.76. The molecule has 0 aliphatic carbocycles. The van der Waals surface area contributed by atoms with Crippen molar-refractivity contribution in [3.63, 3.8) is 0 Å². The maximum Gasteiger partial charge on any atom is 0.0741 e. The van der Waals surface area contributed by atoms with Gasteiger partial charge < -0.3 is 15.7 Å². The van der Waals surface area contributed by atoms with Crippen LogP contribution in [0, 0.1) is 5.92 Å². The minimum absolute atomic E-state index is 0.0315. The molecule has 3 atom stereocenters. The van der Waals surface area contributed by atoms with Crippen LogP contribution in [0.25, 0.3) is 0 Å². The summed E-state index contributed by atoms with van der Waals surface area (Å²) in [6.45, 7) is 5.70. The van der Waals surface area contributed by atoms with E-state index in [0.717, 1.165) is 24.3 Å². The van der Waals surface area contributed by atoms with Gasteiger partial charge in [0.15, 0.2) is 0 Å². The van der Waals surface area contributed by atoms with Crippen molar-refractivity contribution in [2.24, 2.45) is 11.7 Å². The number of nitrogens with zero attached hydrogens (tertiary/aromatic N) is 2. The average molecular weight is 235 g/mol. The third-order valence-electron chi connectivity index (χ3n) is 3.52. The standard InChI is InChI=1S/C13H21N3O/c1-9-5-6-16(8-13(9)17)11-3-4-12(10(2)14)15-7-11/h3-4,7,9-10,13,17H,5-6,8,14H2,1-2H3/t9?,10-,13?/m0/s1. The maximum absolute atomic E-state index is 9.87. The van der Waals surface area contributed by atoms with E-state index in [4.69, 9.17) is 5.73 Å². The summed E-state index contributed by atoms with van der Waals surface area (Å²) in [5, 5.41) is 9.87. The predicted octanol–water partition coefficient (Wildman–Crippen LogP) is 1.31.